The number of carbonyl (C=O) groups excluding carboxylic acids is 2. The lowest BCUT2D eigenvalue weighted by Crippen LogP contribution is -2.24. The molecular weight excluding hydrogens is 374 g/mol. The molecule has 29 heavy (non-hydrogen) atoms. The van der Waals surface area contributed by atoms with Gasteiger partial charge in [0.25, 0.3) is 0 Å². The predicted octanol–water partition coefficient (Wildman–Crippen LogP) is 3.54. The van der Waals surface area contributed by atoms with Gasteiger partial charge in [0, 0.05) is 26.3 Å². The molecule has 0 aliphatic heterocycles. The minimum Gasteiger partial charge on any atom is -0.465 e. The number of hydrogen-bond acceptors (Lipinski definition) is 8. The van der Waals surface area contributed by atoms with Gasteiger partial charge in [-0.1, -0.05) is 41.5 Å². The van der Waals surface area contributed by atoms with Crippen molar-refractivity contribution < 1.29 is 19.1 Å². The Kier molecular flexibility index (Phi) is 16.0. The van der Waals surface area contributed by atoms with E-state index in [-0.39, 0.29) is 25.1 Å². The number of nitrogens with two attached hydrogens (primary N) is 1. The maximum Gasteiger partial charge on any atom is 0.302 e. The standard InChI is InChI=1S/C14H19N5O4.3C2H6/c1-8-12-13(18-14(15)17-8)19(7-16-12)4-11(5-22-9(2)20)6-23-10(3)21;3*1-2/h7,11H,4-6H2,1-3H3,(H2,15,17,18);3*1-2H3. The van der Waals surface area contributed by atoms with E-state index in [4.69, 9.17) is 15.2 Å². The van der Waals surface area contributed by atoms with Crippen LogP contribution in [0.3, 0.4) is 0 Å². The maximum atomic E-state index is 11.0. The number of hydrogen-bond donors (Lipinski definition) is 1. The monoisotopic (exact) mass is 411 g/mol. The quantitative estimate of drug-likeness (QED) is 0.716. The molecule has 0 saturated heterocycles. The Bertz CT molecular complexity index is 713. The number of nitrogens with zero attached hydrogens (tertiary/aromatic N) is 4. The average molecular weight is 412 g/mol. The summed E-state index contributed by atoms with van der Waals surface area (Å²) in [6, 6.07) is 0. The van der Waals surface area contributed by atoms with Gasteiger partial charge >= 0.3 is 11.9 Å². The van der Waals surface area contributed by atoms with Crippen LogP contribution in [-0.4, -0.2) is 44.7 Å². The van der Waals surface area contributed by atoms with E-state index in [1.54, 1.807) is 17.8 Å². The van der Waals surface area contributed by atoms with E-state index in [2.05, 4.69) is 15.0 Å². The summed E-state index contributed by atoms with van der Waals surface area (Å²) in [5.41, 5.74) is 7.60. The lowest BCUT2D eigenvalue weighted by atomic mass is 10.2. The van der Waals surface area contributed by atoms with Gasteiger partial charge in [-0.25, -0.2) is 9.97 Å². The number of ether oxygens (including phenoxy) is 2. The Morgan fingerprint density at radius 2 is 1.48 bits per heavy atom. The van der Waals surface area contributed by atoms with Gasteiger partial charge in [0.1, 0.15) is 5.52 Å². The predicted molar refractivity (Wildman–Crippen MR) is 115 cm³/mol. The summed E-state index contributed by atoms with van der Waals surface area (Å²) in [6.45, 7) is 17.1. The van der Waals surface area contributed by atoms with E-state index in [0.717, 1.165) is 0 Å². The molecule has 2 aromatic heterocycles. The first-order valence-electron chi connectivity index (χ1n) is 10.1. The number of aryl methyl sites for hydroxylation is 1. The minimum atomic E-state index is -0.393. The second kappa shape index (κ2) is 16.3. The molecule has 0 aliphatic carbocycles. The van der Waals surface area contributed by atoms with Crippen LogP contribution in [0, 0.1) is 12.8 Å². The lowest BCUT2D eigenvalue weighted by Gasteiger charge is -2.17. The first-order chi connectivity index (χ1) is 13.9. The van der Waals surface area contributed by atoms with Crippen LogP contribution in [0.2, 0.25) is 0 Å². The maximum absolute atomic E-state index is 11.0. The summed E-state index contributed by atoms with van der Waals surface area (Å²) in [5.74, 6) is -0.851. The largest absolute Gasteiger partial charge is 0.465 e. The molecule has 2 aromatic rings. The molecule has 0 spiro atoms. The smallest absolute Gasteiger partial charge is 0.302 e. The topological polar surface area (TPSA) is 122 Å². The molecule has 0 fully saturated rings. The highest BCUT2D eigenvalue weighted by Gasteiger charge is 2.17. The van der Waals surface area contributed by atoms with Gasteiger partial charge in [-0.05, 0) is 6.92 Å². The summed E-state index contributed by atoms with van der Waals surface area (Å²) >= 11 is 0. The van der Waals surface area contributed by atoms with E-state index in [1.807, 2.05) is 41.5 Å². The van der Waals surface area contributed by atoms with Gasteiger partial charge in [0.15, 0.2) is 5.65 Å². The molecule has 9 heteroatoms. The summed E-state index contributed by atoms with van der Waals surface area (Å²) in [7, 11) is 0. The Morgan fingerprint density at radius 3 is 1.93 bits per heavy atom. The minimum absolute atomic E-state index is 0.127. The van der Waals surface area contributed by atoms with E-state index in [9.17, 15) is 9.59 Å². The van der Waals surface area contributed by atoms with Gasteiger partial charge in [-0.3, -0.25) is 9.59 Å². The van der Waals surface area contributed by atoms with E-state index in [0.29, 0.717) is 23.4 Å². The van der Waals surface area contributed by atoms with Crippen molar-refractivity contribution >= 4 is 29.1 Å². The number of fused-ring (bicyclic) bond motifs is 1. The van der Waals surface area contributed by atoms with Crippen LogP contribution >= 0.6 is 0 Å². The summed E-state index contributed by atoms with van der Waals surface area (Å²) in [5, 5.41) is 0. The highest BCUT2D eigenvalue weighted by molar-refractivity contribution is 5.74. The second-order valence-electron chi connectivity index (χ2n) is 5.21. The van der Waals surface area contributed by atoms with E-state index < -0.39 is 11.9 Å². The van der Waals surface area contributed by atoms with Crippen molar-refractivity contribution in [1.29, 1.82) is 0 Å². The summed E-state index contributed by atoms with van der Waals surface area (Å²) < 4.78 is 11.8. The van der Waals surface area contributed by atoms with Crippen LogP contribution in [0.15, 0.2) is 6.33 Å². The number of anilines is 1. The van der Waals surface area contributed by atoms with Gasteiger partial charge in [0.2, 0.25) is 5.95 Å². The molecule has 0 bridgehead atoms. The number of rotatable bonds is 6. The van der Waals surface area contributed by atoms with Gasteiger partial charge < -0.3 is 19.8 Å². The van der Waals surface area contributed by atoms with Crippen molar-refractivity contribution in [3.05, 3.63) is 12.0 Å². The number of nitrogen functional groups attached to an aromatic ring is 1. The molecule has 0 saturated carbocycles. The third-order valence-corrected chi connectivity index (χ3v) is 3.15. The van der Waals surface area contributed by atoms with Crippen LogP contribution in [0.4, 0.5) is 5.95 Å². The number of imidazole rings is 1. The van der Waals surface area contributed by atoms with Crippen molar-refractivity contribution in [2.45, 2.75) is 68.9 Å². The van der Waals surface area contributed by atoms with E-state index >= 15 is 0 Å². The normalized spacial score (nSPS) is 9.31. The Morgan fingerprint density at radius 1 is 1.00 bits per heavy atom. The van der Waals surface area contributed by atoms with Crippen LogP contribution in [0.1, 0.15) is 61.1 Å². The molecule has 2 rings (SSSR count). The highest BCUT2D eigenvalue weighted by atomic mass is 16.5. The molecule has 0 radical (unpaired) electrons. The Labute approximate surface area is 174 Å². The van der Waals surface area contributed by atoms with Crippen molar-refractivity contribution in [2.75, 3.05) is 18.9 Å². The summed E-state index contributed by atoms with van der Waals surface area (Å²) in [4.78, 5) is 34.5. The zero-order chi connectivity index (χ0) is 23.0. The molecule has 0 unspecified atom stereocenters. The van der Waals surface area contributed by atoms with Crippen molar-refractivity contribution in [3.63, 3.8) is 0 Å². The summed E-state index contributed by atoms with van der Waals surface area (Å²) in [6.07, 6.45) is 1.61. The van der Waals surface area contributed by atoms with E-state index in [1.165, 1.54) is 13.8 Å². The molecule has 0 aliphatic rings. The van der Waals surface area contributed by atoms with Crippen molar-refractivity contribution in [3.8, 4) is 0 Å². The number of esters is 2. The molecule has 2 heterocycles. The van der Waals surface area contributed by atoms with Gasteiger partial charge in [-0.2, -0.15) is 4.98 Å². The molecule has 166 valence electrons. The van der Waals surface area contributed by atoms with Crippen LogP contribution < -0.4 is 5.73 Å². The zero-order valence-electron chi connectivity index (χ0n) is 19.3. The average Bonchev–Trinajstić information content (AvgIpc) is 3.11. The highest BCUT2D eigenvalue weighted by Crippen LogP contribution is 2.16. The van der Waals surface area contributed by atoms with Crippen molar-refractivity contribution in [2.24, 2.45) is 5.92 Å². The van der Waals surface area contributed by atoms with Crippen LogP contribution in [0.25, 0.3) is 11.2 Å². The third kappa shape index (κ3) is 10.4. The zero-order valence-corrected chi connectivity index (χ0v) is 19.3. The first kappa shape index (κ1) is 28.5. The number of aromatic nitrogens is 4. The SMILES string of the molecule is CC.CC.CC.CC(=O)OCC(COC(C)=O)Cn1cnc2c(C)nc(N)nc21. The molecule has 0 aromatic carbocycles. The van der Waals surface area contributed by atoms with Crippen molar-refractivity contribution in [1.82, 2.24) is 19.5 Å². The molecule has 0 atom stereocenters. The first-order valence-corrected chi connectivity index (χ1v) is 10.1. The molecule has 0 amide bonds. The fourth-order valence-corrected chi connectivity index (χ4v) is 2.14. The lowest BCUT2D eigenvalue weighted by molar-refractivity contribution is -0.146. The molecule has 2 N–H and O–H groups in total. The molecule has 9 nitrogen and oxygen atoms in total. The fraction of sp³-hybridized carbons (Fsp3) is 0.650. The Hall–Kier alpha value is -2.71. The van der Waals surface area contributed by atoms with Gasteiger partial charge in [-0.15, -0.1) is 0 Å². The number of carbonyl (C=O) groups is 2. The third-order valence-electron chi connectivity index (χ3n) is 3.15. The second-order valence-corrected chi connectivity index (χ2v) is 5.21. The molecular formula is C20H37N5O4. The fourth-order valence-electron chi connectivity index (χ4n) is 2.14. The van der Waals surface area contributed by atoms with Crippen LogP contribution in [-0.2, 0) is 25.6 Å². The van der Waals surface area contributed by atoms with Crippen LogP contribution in [0.5, 0.6) is 0 Å². The van der Waals surface area contributed by atoms with Gasteiger partial charge in [0.05, 0.1) is 25.2 Å². The Balaban J connectivity index is 0.